The topological polar surface area (TPSA) is 51.2 Å². The van der Waals surface area contributed by atoms with Crippen LogP contribution in [0.15, 0.2) is 29.3 Å². The van der Waals surface area contributed by atoms with Crippen LogP contribution in [0.25, 0.3) is 0 Å². The molecule has 1 amide bonds. The van der Waals surface area contributed by atoms with Gasteiger partial charge in [-0.25, -0.2) is 4.39 Å². The van der Waals surface area contributed by atoms with Crippen molar-refractivity contribution in [3.05, 3.63) is 35.6 Å². The lowest BCUT2D eigenvalue weighted by molar-refractivity contribution is -0.139. The number of amides is 1. The molecule has 1 saturated carbocycles. The molecule has 0 radical (unpaired) electrons. The van der Waals surface area contributed by atoms with Gasteiger partial charge >= 0.3 is 0 Å². The molecule has 1 heterocycles. The second kappa shape index (κ2) is 10.6. The maximum atomic E-state index is 13.4. The molecule has 1 aromatic rings. The third-order valence-electron chi connectivity index (χ3n) is 5.82. The molecule has 0 aromatic heterocycles. The van der Waals surface area contributed by atoms with Crippen molar-refractivity contribution in [1.29, 1.82) is 0 Å². The number of halogens is 1. The molecule has 0 unspecified atom stereocenters. The Bertz CT molecular complexity index is 698. The first kappa shape index (κ1) is 21.6. The van der Waals surface area contributed by atoms with Gasteiger partial charge in [-0.2, -0.15) is 0 Å². The number of carbonyl (C=O) groups excluding carboxylic acids is 1. The number of rotatable bonds is 7. The van der Waals surface area contributed by atoms with Crippen LogP contribution in [-0.4, -0.2) is 79.4 Å². The van der Waals surface area contributed by atoms with Crippen LogP contribution in [-0.2, 0) is 11.3 Å². The molecule has 6 nitrogen and oxygen atoms in total. The minimum Gasteiger partial charge on any atom is -0.357 e. The van der Waals surface area contributed by atoms with Gasteiger partial charge in [0, 0.05) is 58.8 Å². The van der Waals surface area contributed by atoms with E-state index >= 15 is 0 Å². The molecular weight excluding hydrogens is 369 g/mol. The van der Waals surface area contributed by atoms with E-state index in [2.05, 4.69) is 10.2 Å². The van der Waals surface area contributed by atoms with Crippen LogP contribution in [0, 0.1) is 11.7 Å². The van der Waals surface area contributed by atoms with Crippen LogP contribution in [0.4, 0.5) is 4.39 Å². The zero-order valence-corrected chi connectivity index (χ0v) is 17.7. The molecule has 0 spiro atoms. The van der Waals surface area contributed by atoms with Crippen molar-refractivity contribution in [2.75, 3.05) is 52.9 Å². The third kappa shape index (κ3) is 6.16. The Morgan fingerprint density at radius 1 is 1.28 bits per heavy atom. The number of aliphatic imine (C=N–C) groups is 1. The Morgan fingerprint density at radius 2 is 2.03 bits per heavy atom. The van der Waals surface area contributed by atoms with E-state index in [0.717, 1.165) is 63.6 Å². The molecule has 3 rings (SSSR count). The first-order chi connectivity index (χ1) is 14.1. The van der Waals surface area contributed by atoms with Crippen LogP contribution in [0.2, 0.25) is 0 Å². The Balaban J connectivity index is 1.44. The SMILES string of the molecule is CCNC(=NCCN1CCN(C(=O)C2CCC2)CC1)N(C)Cc1cccc(F)c1. The molecule has 1 aromatic carbocycles. The lowest BCUT2D eigenvalue weighted by Gasteiger charge is -2.38. The van der Waals surface area contributed by atoms with Crippen molar-refractivity contribution in [2.45, 2.75) is 32.7 Å². The predicted molar refractivity (Wildman–Crippen MR) is 114 cm³/mol. The fourth-order valence-corrected chi connectivity index (χ4v) is 3.86. The minimum absolute atomic E-state index is 0.215. The number of carbonyl (C=O) groups is 1. The largest absolute Gasteiger partial charge is 0.357 e. The zero-order valence-electron chi connectivity index (χ0n) is 17.7. The molecule has 1 aliphatic heterocycles. The summed E-state index contributed by atoms with van der Waals surface area (Å²) in [4.78, 5) is 23.5. The van der Waals surface area contributed by atoms with Gasteiger partial charge in [-0.1, -0.05) is 18.6 Å². The van der Waals surface area contributed by atoms with E-state index in [1.807, 2.05) is 29.8 Å². The summed E-state index contributed by atoms with van der Waals surface area (Å²) in [5.41, 5.74) is 0.922. The van der Waals surface area contributed by atoms with Gasteiger partial charge in [0.15, 0.2) is 5.96 Å². The van der Waals surface area contributed by atoms with Crippen LogP contribution in [0.5, 0.6) is 0 Å². The Hall–Kier alpha value is -2.15. The average Bonchev–Trinajstić information content (AvgIpc) is 2.66. The summed E-state index contributed by atoms with van der Waals surface area (Å²) >= 11 is 0. The first-order valence-electron chi connectivity index (χ1n) is 10.8. The molecular formula is C22H34FN5O. The number of guanidine groups is 1. The standard InChI is InChI=1S/C22H34FN5O/c1-3-24-22(26(2)17-18-6-4-9-20(23)16-18)25-10-11-27-12-14-28(15-13-27)21(29)19-7-5-8-19/h4,6,9,16,19H,3,5,7-8,10-15,17H2,1-2H3,(H,24,25). The van der Waals surface area contributed by atoms with Crippen molar-refractivity contribution in [2.24, 2.45) is 10.9 Å². The number of piperazine rings is 1. The van der Waals surface area contributed by atoms with Crippen molar-refractivity contribution < 1.29 is 9.18 Å². The lowest BCUT2D eigenvalue weighted by Crippen LogP contribution is -2.51. The normalized spacial score (nSPS) is 18.4. The summed E-state index contributed by atoms with van der Waals surface area (Å²) < 4.78 is 13.4. The highest BCUT2D eigenvalue weighted by molar-refractivity contribution is 5.80. The number of benzene rings is 1. The van der Waals surface area contributed by atoms with Gasteiger partial charge in [0.2, 0.25) is 5.91 Å². The molecule has 1 saturated heterocycles. The average molecular weight is 404 g/mol. The summed E-state index contributed by atoms with van der Waals surface area (Å²) in [6.45, 7) is 8.52. The van der Waals surface area contributed by atoms with Gasteiger partial charge in [0.25, 0.3) is 0 Å². The first-order valence-corrected chi connectivity index (χ1v) is 10.8. The molecule has 2 aliphatic rings. The van der Waals surface area contributed by atoms with E-state index in [9.17, 15) is 9.18 Å². The van der Waals surface area contributed by atoms with Crippen molar-refractivity contribution >= 4 is 11.9 Å². The molecule has 0 bridgehead atoms. The molecule has 29 heavy (non-hydrogen) atoms. The number of nitrogens with zero attached hydrogens (tertiary/aromatic N) is 4. The smallest absolute Gasteiger partial charge is 0.225 e. The Labute approximate surface area is 173 Å². The van der Waals surface area contributed by atoms with Crippen LogP contribution < -0.4 is 5.32 Å². The quantitative estimate of drug-likeness (QED) is 0.560. The summed E-state index contributed by atoms with van der Waals surface area (Å²) in [5, 5.41) is 3.31. The van der Waals surface area contributed by atoms with Gasteiger partial charge in [0.05, 0.1) is 6.54 Å². The summed E-state index contributed by atoms with van der Waals surface area (Å²) in [7, 11) is 1.97. The second-order valence-corrected chi connectivity index (χ2v) is 8.02. The van der Waals surface area contributed by atoms with E-state index < -0.39 is 0 Å². The van der Waals surface area contributed by atoms with Gasteiger partial charge < -0.3 is 15.1 Å². The van der Waals surface area contributed by atoms with Crippen LogP contribution >= 0.6 is 0 Å². The molecule has 1 N–H and O–H groups in total. The van der Waals surface area contributed by atoms with E-state index in [1.165, 1.54) is 12.5 Å². The maximum absolute atomic E-state index is 13.4. The molecule has 1 aliphatic carbocycles. The monoisotopic (exact) mass is 403 g/mol. The highest BCUT2D eigenvalue weighted by Crippen LogP contribution is 2.28. The van der Waals surface area contributed by atoms with Crippen molar-refractivity contribution in [3.8, 4) is 0 Å². The maximum Gasteiger partial charge on any atom is 0.225 e. The number of hydrogen-bond donors (Lipinski definition) is 1. The summed E-state index contributed by atoms with van der Waals surface area (Å²) in [6.07, 6.45) is 3.35. The molecule has 7 heteroatoms. The fourth-order valence-electron chi connectivity index (χ4n) is 3.86. The minimum atomic E-state index is -0.215. The highest BCUT2D eigenvalue weighted by Gasteiger charge is 2.30. The van der Waals surface area contributed by atoms with Crippen LogP contribution in [0.3, 0.4) is 0 Å². The van der Waals surface area contributed by atoms with E-state index in [1.54, 1.807) is 12.1 Å². The van der Waals surface area contributed by atoms with Gasteiger partial charge in [-0.15, -0.1) is 0 Å². The third-order valence-corrected chi connectivity index (χ3v) is 5.82. The van der Waals surface area contributed by atoms with Gasteiger partial charge in [-0.3, -0.25) is 14.7 Å². The highest BCUT2D eigenvalue weighted by atomic mass is 19.1. The van der Waals surface area contributed by atoms with E-state index in [-0.39, 0.29) is 5.82 Å². The molecule has 0 atom stereocenters. The Kier molecular flexibility index (Phi) is 7.86. The summed E-state index contributed by atoms with van der Waals surface area (Å²) in [6, 6.07) is 6.68. The second-order valence-electron chi connectivity index (χ2n) is 8.02. The van der Waals surface area contributed by atoms with Gasteiger partial charge in [0.1, 0.15) is 5.82 Å². The van der Waals surface area contributed by atoms with Crippen LogP contribution in [0.1, 0.15) is 31.7 Å². The van der Waals surface area contributed by atoms with Crippen molar-refractivity contribution in [1.82, 2.24) is 20.0 Å². The van der Waals surface area contributed by atoms with Crippen molar-refractivity contribution in [3.63, 3.8) is 0 Å². The number of hydrogen-bond acceptors (Lipinski definition) is 3. The molecule has 160 valence electrons. The fraction of sp³-hybridized carbons (Fsp3) is 0.636. The van der Waals surface area contributed by atoms with E-state index in [0.29, 0.717) is 24.9 Å². The predicted octanol–water partition coefficient (Wildman–Crippen LogP) is 2.17. The lowest BCUT2D eigenvalue weighted by atomic mass is 9.84. The summed E-state index contributed by atoms with van der Waals surface area (Å²) in [5.74, 6) is 1.27. The zero-order chi connectivity index (χ0) is 20.6. The molecule has 2 fully saturated rings. The van der Waals surface area contributed by atoms with Gasteiger partial charge in [-0.05, 0) is 37.5 Å². The van der Waals surface area contributed by atoms with E-state index in [4.69, 9.17) is 4.99 Å². The number of nitrogens with one attached hydrogen (secondary N) is 1. The Morgan fingerprint density at radius 3 is 2.66 bits per heavy atom.